The smallest absolute Gasteiger partial charge is 0.0640 e. The standard InChI is InChI=1S/C18H27N3/c1-5-15(4)21-9-8-18(20-21)12-17(19)11-16-7-6-13(2)14(3)10-16/h6-10,15,17H,5,11-12,19H2,1-4H3. The molecular formula is C18H27N3. The molecule has 3 heteroatoms. The Hall–Kier alpha value is -1.61. The average molecular weight is 285 g/mol. The molecule has 2 unspecified atom stereocenters. The molecule has 2 rings (SSSR count). The van der Waals surface area contributed by atoms with Gasteiger partial charge < -0.3 is 5.73 Å². The predicted molar refractivity (Wildman–Crippen MR) is 88.5 cm³/mol. The zero-order chi connectivity index (χ0) is 15.4. The van der Waals surface area contributed by atoms with Crippen molar-refractivity contribution in [2.24, 2.45) is 5.73 Å². The first-order chi connectivity index (χ1) is 9.99. The summed E-state index contributed by atoms with van der Waals surface area (Å²) in [6, 6.07) is 9.26. The van der Waals surface area contributed by atoms with E-state index in [4.69, 9.17) is 5.73 Å². The lowest BCUT2D eigenvalue weighted by atomic mass is 9.99. The third-order valence-electron chi connectivity index (χ3n) is 4.25. The summed E-state index contributed by atoms with van der Waals surface area (Å²) >= 11 is 0. The maximum absolute atomic E-state index is 6.29. The van der Waals surface area contributed by atoms with Crippen molar-refractivity contribution in [3.05, 3.63) is 52.8 Å². The Balaban J connectivity index is 1.96. The first-order valence-corrected chi connectivity index (χ1v) is 7.85. The molecule has 2 aromatic rings. The van der Waals surface area contributed by atoms with Crippen molar-refractivity contribution < 1.29 is 0 Å². The largest absolute Gasteiger partial charge is 0.327 e. The minimum absolute atomic E-state index is 0.118. The number of aryl methyl sites for hydroxylation is 2. The lowest BCUT2D eigenvalue weighted by Crippen LogP contribution is -2.26. The summed E-state index contributed by atoms with van der Waals surface area (Å²) in [7, 11) is 0. The summed E-state index contributed by atoms with van der Waals surface area (Å²) in [5.41, 5.74) is 11.4. The SMILES string of the molecule is CCC(C)n1ccc(CC(N)Cc2ccc(C)c(C)c2)n1. The molecule has 0 fully saturated rings. The molecule has 114 valence electrons. The van der Waals surface area contributed by atoms with Crippen molar-refractivity contribution in [3.63, 3.8) is 0 Å². The first-order valence-electron chi connectivity index (χ1n) is 7.85. The fraction of sp³-hybridized carbons (Fsp3) is 0.500. The number of aromatic nitrogens is 2. The van der Waals surface area contributed by atoms with Gasteiger partial charge in [0, 0.05) is 24.7 Å². The number of nitrogens with zero attached hydrogens (tertiary/aromatic N) is 2. The molecule has 0 saturated carbocycles. The van der Waals surface area contributed by atoms with Crippen LogP contribution in [0.4, 0.5) is 0 Å². The zero-order valence-corrected chi connectivity index (χ0v) is 13.6. The van der Waals surface area contributed by atoms with E-state index in [0.29, 0.717) is 6.04 Å². The van der Waals surface area contributed by atoms with E-state index >= 15 is 0 Å². The lowest BCUT2D eigenvalue weighted by Gasteiger charge is -2.12. The predicted octanol–water partition coefficient (Wildman–Crippen LogP) is 3.58. The molecular weight excluding hydrogens is 258 g/mol. The van der Waals surface area contributed by atoms with Gasteiger partial charge in [0.05, 0.1) is 5.69 Å². The molecule has 0 bridgehead atoms. The highest BCUT2D eigenvalue weighted by Gasteiger charge is 2.10. The molecule has 1 aromatic carbocycles. The Morgan fingerprint density at radius 1 is 1.14 bits per heavy atom. The Morgan fingerprint density at radius 2 is 1.90 bits per heavy atom. The summed E-state index contributed by atoms with van der Waals surface area (Å²) in [4.78, 5) is 0. The van der Waals surface area contributed by atoms with Crippen LogP contribution < -0.4 is 5.73 Å². The van der Waals surface area contributed by atoms with Gasteiger partial charge in [-0.1, -0.05) is 25.1 Å². The summed E-state index contributed by atoms with van der Waals surface area (Å²) in [5.74, 6) is 0. The van der Waals surface area contributed by atoms with E-state index in [1.807, 2.05) is 4.68 Å². The number of benzene rings is 1. The highest BCUT2D eigenvalue weighted by molar-refractivity contribution is 5.30. The highest BCUT2D eigenvalue weighted by atomic mass is 15.3. The molecule has 2 N–H and O–H groups in total. The molecule has 1 heterocycles. The van der Waals surface area contributed by atoms with E-state index < -0.39 is 0 Å². The van der Waals surface area contributed by atoms with E-state index in [0.717, 1.165) is 25.0 Å². The van der Waals surface area contributed by atoms with E-state index in [-0.39, 0.29) is 6.04 Å². The Kier molecular flexibility index (Phi) is 5.18. The van der Waals surface area contributed by atoms with Gasteiger partial charge in [0.2, 0.25) is 0 Å². The van der Waals surface area contributed by atoms with Gasteiger partial charge in [-0.2, -0.15) is 5.10 Å². The third-order valence-corrected chi connectivity index (χ3v) is 4.25. The summed E-state index contributed by atoms with van der Waals surface area (Å²) in [6.45, 7) is 8.65. The summed E-state index contributed by atoms with van der Waals surface area (Å²) < 4.78 is 2.04. The second-order valence-electron chi connectivity index (χ2n) is 6.13. The Bertz CT molecular complexity index is 586. The van der Waals surface area contributed by atoms with E-state index in [1.54, 1.807) is 0 Å². The molecule has 21 heavy (non-hydrogen) atoms. The highest BCUT2D eigenvalue weighted by Crippen LogP contribution is 2.14. The van der Waals surface area contributed by atoms with Crippen molar-refractivity contribution in [2.45, 2.75) is 59.0 Å². The maximum Gasteiger partial charge on any atom is 0.0640 e. The second kappa shape index (κ2) is 6.90. The number of hydrogen-bond acceptors (Lipinski definition) is 2. The van der Waals surface area contributed by atoms with Gasteiger partial charge in [0.15, 0.2) is 0 Å². The first kappa shape index (κ1) is 15.8. The molecule has 0 saturated heterocycles. The fourth-order valence-electron chi connectivity index (χ4n) is 2.49. The third kappa shape index (κ3) is 4.18. The van der Waals surface area contributed by atoms with Gasteiger partial charge in [-0.25, -0.2) is 0 Å². The fourth-order valence-corrected chi connectivity index (χ4v) is 2.49. The van der Waals surface area contributed by atoms with Crippen molar-refractivity contribution in [2.75, 3.05) is 0 Å². The normalized spacial score (nSPS) is 14.1. The minimum atomic E-state index is 0.118. The van der Waals surface area contributed by atoms with Gasteiger partial charge in [-0.15, -0.1) is 0 Å². The molecule has 0 aliphatic carbocycles. The summed E-state index contributed by atoms with van der Waals surface area (Å²) in [5, 5.41) is 4.63. The Morgan fingerprint density at radius 3 is 2.57 bits per heavy atom. The number of rotatable bonds is 6. The molecule has 0 radical (unpaired) electrons. The van der Waals surface area contributed by atoms with Gasteiger partial charge in [-0.05, 0) is 56.4 Å². The molecule has 0 aliphatic rings. The van der Waals surface area contributed by atoms with Crippen molar-refractivity contribution in [1.29, 1.82) is 0 Å². The van der Waals surface area contributed by atoms with E-state index in [9.17, 15) is 0 Å². The molecule has 3 nitrogen and oxygen atoms in total. The molecule has 0 aliphatic heterocycles. The van der Waals surface area contributed by atoms with Crippen LogP contribution in [0.2, 0.25) is 0 Å². The van der Waals surface area contributed by atoms with Gasteiger partial charge in [0.25, 0.3) is 0 Å². The van der Waals surface area contributed by atoms with Crippen LogP contribution in [-0.2, 0) is 12.8 Å². The van der Waals surface area contributed by atoms with Crippen molar-refractivity contribution in [1.82, 2.24) is 9.78 Å². The molecule has 0 amide bonds. The van der Waals surface area contributed by atoms with Gasteiger partial charge >= 0.3 is 0 Å². The van der Waals surface area contributed by atoms with Gasteiger partial charge in [0.1, 0.15) is 0 Å². The van der Waals surface area contributed by atoms with Crippen LogP contribution in [-0.4, -0.2) is 15.8 Å². The Labute approximate surface area is 128 Å². The van der Waals surface area contributed by atoms with E-state index in [2.05, 4.69) is 63.3 Å². The van der Waals surface area contributed by atoms with Gasteiger partial charge in [-0.3, -0.25) is 4.68 Å². The number of hydrogen-bond donors (Lipinski definition) is 1. The molecule has 2 atom stereocenters. The van der Waals surface area contributed by atoms with Crippen LogP contribution in [0.25, 0.3) is 0 Å². The average Bonchev–Trinajstić information content (AvgIpc) is 2.90. The van der Waals surface area contributed by atoms with Crippen LogP contribution in [0.15, 0.2) is 30.5 Å². The summed E-state index contributed by atoms with van der Waals surface area (Å²) in [6.07, 6.45) is 4.88. The molecule has 0 spiro atoms. The second-order valence-corrected chi connectivity index (χ2v) is 6.13. The van der Waals surface area contributed by atoms with Crippen LogP contribution in [0.5, 0.6) is 0 Å². The van der Waals surface area contributed by atoms with Crippen LogP contribution in [0, 0.1) is 13.8 Å². The van der Waals surface area contributed by atoms with Crippen LogP contribution >= 0.6 is 0 Å². The van der Waals surface area contributed by atoms with Crippen LogP contribution in [0.3, 0.4) is 0 Å². The van der Waals surface area contributed by atoms with Crippen LogP contribution in [0.1, 0.15) is 48.7 Å². The maximum atomic E-state index is 6.29. The lowest BCUT2D eigenvalue weighted by molar-refractivity contribution is 0.471. The van der Waals surface area contributed by atoms with Crippen molar-refractivity contribution >= 4 is 0 Å². The number of nitrogens with two attached hydrogens (primary N) is 1. The topological polar surface area (TPSA) is 43.8 Å². The minimum Gasteiger partial charge on any atom is -0.327 e. The monoisotopic (exact) mass is 285 g/mol. The molecule has 1 aromatic heterocycles. The zero-order valence-electron chi connectivity index (χ0n) is 13.6. The van der Waals surface area contributed by atoms with Crippen molar-refractivity contribution in [3.8, 4) is 0 Å². The quantitative estimate of drug-likeness (QED) is 0.881. The van der Waals surface area contributed by atoms with E-state index in [1.165, 1.54) is 16.7 Å².